The minimum Gasteiger partial charge on any atom is -0.490 e. The number of ether oxygens (including phenoxy) is 2. The topological polar surface area (TPSA) is 72.8 Å². The summed E-state index contributed by atoms with van der Waals surface area (Å²) < 4.78 is 11.3. The molecule has 6 heteroatoms. The molecule has 1 N–H and O–H groups in total. The first-order valence-corrected chi connectivity index (χ1v) is 6.14. The molecule has 0 unspecified atom stereocenters. The summed E-state index contributed by atoms with van der Waals surface area (Å²) in [5.74, 6) is -0.114. The molecule has 0 radical (unpaired) electrons. The Bertz CT molecular complexity index is 444. The van der Waals surface area contributed by atoms with Crippen LogP contribution in [0.15, 0.2) is 16.6 Å². The molecule has 0 heterocycles. The van der Waals surface area contributed by atoms with Gasteiger partial charge < -0.3 is 14.6 Å². The van der Waals surface area contributed by atoms with Gasteiger partial charge in [-0.25, -0.2) is 0 Å². The average molecular weight is 317 g/mol. The van der Waals surface area contributed by atoms with Crippen LogP contribution in [0.5, 0.6) is 11.5 Å². The van der Waals surface area contributed by atoms with Gasteiger partial charge in [0.05, 0.1) is 24.1 Å². The van der Waals surface area contributed by atoms with Gasteiger partial charge in [-0.2, -0.15) is 0 Å². The molecule has 0 bridgehead atoms. The number of carboxylic acid groups (broad SMARTS) is 1. The Kier molecular flexibility index (Phi) is 5.64. The first-order valence-electron chi connectivity index (χ1n) is 5.34. The van der Waals surface area contributed by atoms with Crippen molar-refractivity contribution in [1.82, 2.24) is 0 Å². The summed E-state index contributed by atoms with van der Waals surface area (Å²) in [6.45, 7) is 2.26. The molecular weight excluding hydrogens is 304 g/mol. The van der Waals surface area contributed by atoms with E-state index in [1.54, 1.807) is 12.1 Å². The van der Waals surface area contributed by atoms with Crippen LogP contribution in [0.1, 0.15) is 23.7 Å². The van der Waals surface area contributed by atoms with Crippen molar-refractivity contribution in [1.29, 1.82) is 0 Å². The molecule has 0 amide bonds. The maximum Gasteiger partial charge on any atom is 0.306 e. The molecule has 1 aromatic carbocycles. The number of hydrogen-bond donors (Lipinski definition) is 1. The van der Waals surface area contributed by atoms with E-state index >= 15 is 0 Å². The normalized spacial score (nSPS) is 9.89. The van der Waals surface area contributed by atoms with Crippen molar-refractivity contribution in [3.63, 3.8) is 0 Å². The Morgan fingerprint density at radius 3 is 2.72 bits per heavy atom. The zero-order chi connectivity index (χ0) is 13.5. The van der Waals surface area contributed by atoms with E-state index in [0.29, 0.717) is 34.4 Å². The Balaban J connectivity index is 2.92. The van der Waals surface area contributed by atoms with Crippen molar-refractivity contribution in [3.05, 3.63) is 22.2 Å². The zero-order valence-corrected chi connectivity index (χ0v) is 11.4. The van der Waals surface area contributed by atoms with E-state index in [1.165, 1.54) is 0 Å². The summed E-state index contributed by atoms with van der Waals surface area (Å²) in [5, 5.41) is 8.55. The van der Waals surface area contributed by atoms with Gasteiger partial charge in [-0.1, -0.05) is 0 Å². The highest BCUT2D eigenvalue weighted by atomic mass is 79.9. The summed E-state index contributed by atoms with van der Waals surface area (Å²) in [7, 11) is 0. The second-order valence-corrected chi connectivity index (χ2v) is 4.23. The van der Waals surface area contributed by atoms with Crippen LogP contribution in [0, 0.1) is 0 Å². The Morgan fingerprint density at radius 2 is 2.17 bits per heavy atom. The number of hydrogen-bond acceptors (Lipinski definition) is 4. The molecule has 0 aliphatic carbocycles. The summed E-state index contributed by atoms with van der Waals surface area (Å²) in [6, 6.07) is 3.14. The van der Waals surface area contributed by atoms with E-state index in [4.69, 9.17) is 14.6 Å². The second-order valence-electron chi connectivity index (χ2n) is 3.37. The van der Waals surface area contributed by atoms with Crippen LogP contribution >= 0.6 is 15.9 Å². The van der Waals surface area contributed by atoms with E-state index < -0.39 is 5.97 Å². The molecule has 0 spiro atoms. The minimum atomic E-state index is -0.936. The van der Waals surface area contributed by atoms with Gasteiger partial charge in [-0.15, -0.1) is 0 Å². The SMILES string of the molecule is CCOc1cc(C=O)cc(Br)c1OCCC(=O)O. The number of benzene rings is 1. The lowest BCUT2D eigenvalue weighted by atomic mass is 10.2. The largest absolute Gasteiger partial charge is 0.490 e. The van der Waals surface area contributed by atoms with Crippen molar-refractivity contribution in [2.24, 2.45) is 0 Å². The number of aliphatic carboxylic acids is 1. The van der Waals surface area contributed by atoms with Crippen molar-refractivity contribution in [2.75, 3.05) is 13.2 Å². The molecule has 1 rings (SSSR count). The number of carbonyl (C=O) groups is 2. The van der Waals surface area contributed by atoms with Gasteiger partial charge in [0.25, 0.3) is 0 Å². The standard InChI is InChI=1S/C12H13BrO5/c1-2-17-10-6-8(7-14)5-9(13)12(10)18-4-3-11(15)16/h5-7H,2-4H2,1H3,(H,15,16). The van der Waals surface area contributed by atoms with Crippen LogP contribution in [-0.2, 0) is 4.79 Å². The number of rotatable bonds is 7. The fourth-order valence-electron chi connectivity index (χ4n) is 1.30. The van der Waals surface area contributed by atoms with Crippen LogP contribution in [0.4, 0.5) is 0 Å². The Labute approximate surface area is 113 Å². The van der Waals surface area contributed by atoms with Crippen molar-refractivity contribution < 1.29 is 24.2 Å². The van der Waals surface area contributed by atoms with Crippen LogP contribution in [0.2, 0.25) is 0 Å². The Morgan fingerprint density at radius 1 is 1.44 bits per heavy atom. The fraction of sp³-hybridized carbons (Fsp3) is 0.333. The third-order valence-electron chi connectivity index (χ3n) is 2.03. The molecule has 1 aromatic rings. The molecule has 0 aliphatic heterocycles. The van der Waals surface area contributed by atoms with Crippen LogP contribution in [0.3, 0.4) is 0 Å². The fourth-order valence-corrected chi connectivity index (χ4v) is 1.87. The molecule has 5 nitrogen and oxygen atoms in total. The predicted octanol–water partition coefficient (Wildman–Crippen LogP) is 2.51. The maximum atomic E-state index is 10.7. The maximum absolute atomic E-state index is 10.7. The molecule has 0 atom stereocenters. The van der Waals surface area contributed by atoms with Crippen LogP contribution in [0.25, 0.3) is 0 Å². The molecule has 18 heavy (non-hydrogen) atoms. The zero-order valence-electron chi connectivity index (χ0n) is 9.81. The lowest BCUT2D eigenvalue weighted by molar-refractivity contribution is -0.137. The van der Waals surface area contributed by atoms with Crippen molar-refractivity contribution in [3.8, 4) is 11.5 Å². The lowest BCUT2D eigenvalue weighted by Gasteiger charge is -2.13. The average Bonchev–Trinajstić information content (AvgIpc) is 2.32. The molecule has 0 aliphatic rings. The second kappa shape index (κ2) is 7.00. The minimum absolute atomic E-state index is 0.0362. The van der Waals surface area contributed by atoms with Gasteiger partial charge in [0, 0.05) is 5.56 Å². The van der Waals surface area contributed by atoms with Gasteiger partial charge in [0.15, 0.2) is 11.5 Å². The molecule has 0 fully saturated rings. The van der Waals surface area contributed by atoms with Crippen LogP contribution < -0.4 is 9.47 Å². The van der Waals surface area contributed by atoms with E-state index in [0.717, 1.165) is 0 Å². The highest BCUT2D eigenvalue weighted by molar-refractivity contribution is 9.10. The number of carbonyl (C=O) groups excluding carboxylic acids is 1. The van der Waals surface area contributed by atoms with Gasteiger partial charge >= 0.3 is 5.97 Å². The predicted molar refractivity (Wildman–Crippen MR) is 68.4 cm³/mol. The lowest BCUT2D eigenvalue weighted by Crippen LogP contribution is -2.07. The first-order chi connectivity index (χ1) is 8.58. The molecule has 98 valence electrons. The summed E-state index contributed by atoms with van der Waals surface area (Å²) in [6.07, 6.45) is 0.599. The highest BCUT2D eigenvalue weighted by Gasteiger charge is 2.12. The van der Waals surface area contributed by atoms with Gasteiger partial charge in [0.2, 0.25) is 0 Å². The van der Waals surface area contributed by atoms with E-state index in [9.17, 15) is 9.59 Å². The van der Waals surface area contributed by atoms with Crippen LogP contribution in [-0.4, -0.2) is 30.6 Å². The Hall–Kier alpha value is -1.56. The summed E-state index contributed by atoms with van der Waals surface area (Å²) in [5.41, 5.74) is 0.455. The number of halogens is 1. The molecule has 0 saturated heterocycles. The third-order valence-corrected chi connectivity index (χ3v) is 2.62. The van der Waals surface area contributed by atoms with Crippen molar-refractivity contribution >= 4 is 28.2 Å². The summed E-state index contributed by atoms with van der Waals surface area (Å²) in [4.78, 5) is 21.2. The van der Waals surface area contributed by atoms with E-state index in [2.05, 4.69) is 15.9 Å². The highest BCUT2D eigenvalue weighted by Crippen LogP contribution is 2.36. The van der Waals surface area contributed by atoms with E-state index in [1.807, 2.05) is 6.92 Å². The quantitative estimate of drug-likeness (QED) is 0.782. The monoisotopic (exact) mass is 316 g/mol. The van der Waals surface area contributed by atoms with Crippen molar-refractivity contribution in [2.45, 2.75) is 13.3 Å². The molecule has 0 aromatic heterocycles. The molecule has 0 saturated carbocycles. The van der Waals surface area contributed by atoms with Gasteiger partial charge in [0.1, 0.15) is 6.29 Å². The number of aldehydes is 1. The summed E-state index contributed by atoms with van der Waals surface area (Å²) >= 11 is 3.26. The third kappa shape index (κ3) is 4.03. The van der Waals surface area contributed by atoms with Gasteiger partial charge in [-0.3, -0.25) is 9.59 Å². The first kappa shape index (κ1) is 14.5. The van der Waals surface area contributed by atoms with E-state index in [-0.39, 0.29) is 13.0 Å². The van der Waals surface area contributed by atoms with Gasteiger partial charge in [-0.05, 0) is 35.0 Å². The molecular formula is C12H13BrO5. The number of carboxylic acids is 1. The smallest absolute Gasteiger partial charge is 0.306 e.